The summed E-state index contributed by atoms with van der Waals surface area (Å²) in [4.78, 5) is 11.8. The van der Waals surface area contributed by atoms with Gasteiger partial charge in [-0.2, -0.15) is 0 Å². The number of ether oxygens (including phenoxy) is 1. The van der Waals surface area contributed by atoms with Crippen LogP contribution in [0.1, 0.15) is 162 Å². The van der Waals surface area contributed by atoms with Crippen LogP contribution in [0, 0.1) is 0 Å². The van der Waals surface area contributed by atoms with Crippen LogP contribution in [0.25, 0.3) is 0 Å². The summed E-state index contributed by atoms with van der Waals surface area (Å²) in [6.45, 7) is 5.18. The molecule has 2 heteroatoms. The number of hydrogen-bond acceptors (Lipinski definition) is 2. The third kappa shape index (κ3) is 25.4. The fourth-order valence-electron chi connectivity index (χ4n) is 3.96. The Morgan fingerprint density at radius 3 is 1.14 bits per heavy atom. The molecule has 0 unspecified atom stereocenters. The van der Waals surface area contributed by atoms with Crippen molar-refractivity contribution in [3.8, 4) is 0 Å². The Bertz CT molecular complexity index is 314. The average molecular weight is 411 g/mol. The van der Waals surface area contributed by atoms with Crippen molar-refractivity contribution in [1.82, 2.24) is 0 Å². The van der Waals surface area contributed by atoms with E-state index in [0.29, 0.717) is 13.0 Å². The standard InChI is InChI=1S/C27H54O2/c1-3-5-7-9-11-13-15-16-17-19-21-23-25-27(28)29-26-24-22-20-18-14-12-10-8-6-4-2/h3-26H2,1-2H3. The Morgan fingerprint density at radius 1 is 0.448 bits per heavy atom. The molecule has 0 atom stereocenters. The highest BCUT2D eigenvalue weighted by molar-refractivity contribution is 5.69. The minimum atomic E-state index is 0.0213. The fourth-order valence-corrected chi connectivity index (χ4v) is 3.96. The summed E-state index contributed by atoms with van der Waals surface area (Å²) in [7, 11) is 0. The molecule has 0 aromatic rings. The molecule has 0 spiro atoms. The first kappa shape index (κ1) is 28.5. The Balaban J connectivity index is 3.13. The van der Waals surface area contributed by atoms with Crippen molar-refractivity contribution in [3.63, 3.8) is 0 Å². The Morgan fingerprint density at radius 2 is 0.759 bits per heavy atom. The molecular formula is C27H54O2. The van der Waals surface area contributed by atoms with Gasteiger partial charge in [0.25, 0.3) is 0 Å². The van der Waals surface area contributed by atoms with Crippen LogP contribution in [-0.4, -0.2) is 12.6 Å². The predicted octanol–water partition coefficient (Wildman–Crippen LogP) is 9.54. The van der Waals surface area contributed by atoms with E-state index in [2.05, 4.69) is 13.8 Å². The second kappa shape index (κ2) is 25.5. The first-order chi connectivity index (χ1) is 14.3. The topological polar surface area (TPSA) is 26.3 Å². The van der Waals surface area contributed by atoms with E-state index < -0.39 is 0 Å². The molecule has 29 heavy (non-hydrogen) atoms. The van der Waals surface area contributed by atoms with E-state index in [4.69, 9.17) is 4.74 Å². The third-order valence-electron chi connectivity index (χ3n) is 6.00. The van der Waals surface area contributed by atoms with Crippen molar-refractivity contribution in [2.45, 2.75) is 162 Å². The fraction of sp³-hybridized carbons (Fsp3) is 0.963. The van der Waals surface area contributed by atoms with Crippen molar-refractivity contribution in [2.75, 3.05) is 6.61 Å². The predicted molar refractivity (Wildman–Crippen MR) is 128 cm³/mol. The van der Waals surface area contributed by atoms with E-state index in [1.165, 1.54) is 128 Å². The van der Waals surface area contributed by atoms with E-state index in [-0.39, 0.29) is 5.97 Å². The molecule has 0 radical (unpaired) electrons. The first-order valence-corrected chi connectivity index (χ1v) is 13.5. The van der Waals surface area contributed by atoms with Crippen LogP contribution in [0.4, 0.5) is 0 Å². The summed E-state index contributed by atoms with van der Waals surface area (Å²) >= 11 is 0. The number of rotatable bonds is 24. The van der Waals surface area contributed by atoms with Gasteiger partial charge in [-0.15, -0.1) is 0 Å². The molecule has 0 N–H and O–H groups in total. The lowest BCUT2D eigenvalue weighted by molar-refractivity contribution is -0.143. The van der Waals surface area contributed by atoms with Crippen LogP contribution in [0.3, 0.4) is 0 Å². The molecule has 0 saturated heterocycles. The third-order valence-corrected chi connectivity index (χ3v) is 6.00. The van der Waals surface area contributed by atoms with Gasteiger partial charge in [0.15, 0.2) is 0 Å². The number of carbonyl (C=O) groups excluding carboxylic acids is 1. The Kier molecular flexibility index (Phi) is 25.0. The highest BCUT2D eigenvalue weighted by Gasteiger charge is 2.02. The van der Waals surface area contributed by atoms with Gasteiger partial charge in [-0.25, -0.2) is 0 Å². The van der Waals surface area contributed by atoms with Crippen LogP contribution < -0.4 is 0 Å². The zero-order chi connectivity index (χ0) is 21.3. The van der Waals surface area contributed by atoms with Crippen LogP contribution in [0.15, 0.2) is 0 Å². The van der Waals surface area contributed by atoms with Gasteiger partial charge in [0.1, 0.15) is 0 Å². The molecular weight excluding hydrogens is 356 g/mol. The lowest BCUT2D eigenvalue weighted by atomic mass is 10.0. The summed E-state index contributed by atoms with van der Waals surface area (Å²) in [5.41, 5.74) is 0. The van der Waals surface area contributed by atoms with E-state index >= 15 is 0 Å². The van der Waals surface area contributed by atoms with Gasteiger partial charge in [0, 0.05) is 6.42 Å². The van der Waals surface area contributed by atoms with Crippen molar-refractivity contribution in [3.05, 3.63) is 0 Å². The summed E-state index contributed by atoms with van der Waals surface area (Å²) in [5.74, 6) is 0.0213. The monoisotopic (exact) mass is 410 g/mol. The van der Waals surface area contributed by atoms with E-state index in [0.717, 1.165) is 12.8 Å². The SMILES string of the molecule is CCCCCCCCCCCCCCC(=O)OCCCCCCCCCCCC. The van der Waals surface area contributed by atoms with Crippen molar-refractivity contribution >= 4 is 5.97 Å². The molecule has 0 heterocycles. The van der Waals surface area contributed by atoms with Crippen molar-refractivity contribution in [2.24, 2.45) is 0 Å². The summed E-state index contributed by atoms with van der Waals surface area (Å²) in [6, 6.07) is 0. The zero-order valence-corrected chi connectivity index (χ0v) is 20.3. The van der Waals surface area contributed by atoms with Gasteiger partial charge in [0.05, 0.1) is 6.61 Å². The van der Waals surface area contributed by atoms with Crippen LogP contribution in [-0.2, 0) is 9.53 Å². The molecule has 0 saturated carbocycles. The van der Waals surface area contributed by atoms with Gasteiger partial charge in [-0.3, -0.25) is 4.79 Å². The second-order valence-corrected chi connectivity index (χ2v) is 9.04. The van der Waals surface area contributed by atoms with Gasteiger partial charge >= 0.3 is 5.97 Å². The Hall–Kier alpha value is -0.530. The van der Waals surface area contributed by atoms with E-state index in [1.807, 2.05) is 0 Å². The molecule has 0 bridgehead atoms. The molecule has 0 aliphatic heterocycles. The van der Waals surface area contributed by atoms with Gasteiger partial charge < -0.3 is 4.74 Å². The molecule has 0 aromatic carbocycles. The van der Waals surface area contributed by atoms with Gasteiger partial charge in [-0.1, -0.05) is 142 Å². The minimum absolute atomic E-state index is 0.0213. The molecule has 0 rings (SSSR count). The molecule has 2 nitrogen and oxygen atoms in total. The van der Waals surface area contributed by atoms with Crippen molar-refractivity contribution < 1.29 is 9.53 Å². The van der Waals surface area contributed by atoms with E-state index in [9.17, 15) is 4.79 Å². The largest absolute Gasteiger partial charge is 0.466 e. The van der Waals surface area contributed by atoms with Crippen LogP contribution in [0.2, 0.25) is 0 Å². The molecule has 0 amide bonds. The highest BCUT2D eigenvalue weighted by atomic mass is 16.5. The lowest BCUT2D eigenvalue weighted by Gasteiger charge is -2.05. The number of carbonyl (C=O) groups is 1. The maximum Gasteiger partial charge on any atom is 0.305 e. The molecule has 0 aliphatic carbocycles. The molecule has 0 fully saturated rings. The van der Waals surface area contributed by atoms with Crippen LogP contribution in [0.5, 0.6) is 0 Å². The highest BCUT2D eigenvalue weighted by Crippen LogP contribution is 2.13. The summed E-state index contributed by atoms with van der Waals surface area (Å²) in [5, 5.41) is 0. The first-order valence-electron chi connectivity index (χ1n) is 13.5. The maximum absolute atomic E-state index is 11.8. The maximum atomic E-state index is 11.8. The molecule has 174 valence electrons. The number of hydrogen-bond donors (Lipinski definition) is 0. The van der Waals surface area contributed by atoms with Crippen LogP contribution >= 0.6 is 0 Å². The van der Waals surface area contributed by atoms with Gasteiger partial charge in [-0.05, 0) is 12.8 Å². The molecule has 0 aromatic heterocycles. The minimum Gasteiger partial charge on any atom is -0.466 e. The molecule has 0 aliphatic rings. The quantitative estimate of drug-likeness (QED) is 0.117. The Labute approximate surface area is 184 Å². The summed E-state index contributed by atoms with van der Waals surface area (Å²) in [6.07, 6.45) is 29.8. The number of esters is 1. The zero-order valence-electron chi connectivity index (χ0n) is 20.3. The summed E-state index contributed by atoms with van der Waals surface area (Å²) < 4.78 is 5.38. The van der Waals surface area contributed by atoms with Crippen molar-refractivity contribution in [1.29, 1.82) is 0 Å². The van der Waals surface area contributed by atoms with E-state index in [1.54, 1.807) is 0 Å². The smallest absolute Gasteiger partial charge is 0.305 e. The lowest BCUT2D eigenvalue weighted by Crippen LogP contribution is -2.05. The number of unbranched alkanes of at least 4 members (excludes halogenated alkanes) is 20. The average Bonchev–Trinajstić information content (AvgIpc) is 2.72. The normalized spacial score (nSPS) is 11.1. The second-order valence-electron chi connectivity index (χ2n) is 9.04. The van der Waals surface area contributed by atoms with Gasteiger partial charge in [0.2, 0.25) is 0 Å².